The van der Waals surface area contributed by atoms with Crippen LogP contribution in [0.3, 0.4) is 0 Å². The second-order valence-corrected chi connectivity index (χ2v) is 3.27. The van der Waals surface area contributed by atoms with Gasteiger partial charge in [-0.2, -0.15) is 16.8 Å². The lowest BCUT2D eigenvalue weighted by Crippen LogP contribution is -2.10. The van der Waals surface area contributed by atoms with Crippen molar-refractivity contribution in [2.45, 2.75) is 0 Å². The maximum Gasteiger partial charge on any atom is 0.335 e. The third-order valence-electron chi connectivity index (χ3n) is 0.194. The van der Waals surface area contributed by atoms with Gasteiger partial charge < -0.3 is 21.4 Å². The molecule has 18 heteroatoms. The van der Waals surface area contributed by atoms with E-state index in [2.05, 4.69) is 8.67 Å². The van der Waals surface area contributed by atoms with E-state index in [1.807, 2.05) is 0 Å². The Morgan fingerprint density at radius 3 is 0.833 bits per heavy atom. The average molecular weight is 356 g/mol. The summed E-state index contributed by atoms with van der Waals surface area (Å²) in [5, 5.41) is 0. The molecule has 0 spiro atoms. The minimum Gasteiger partial charge on any atom is -0.724 e. The molecule has 0 atom stereocenters. The number of rotatable bonds is 3. The van der Waals surface area contributed by atoms with E-state index in [0.29, 0.717) is 0 Å². The van der Waals surface area contributed by atoms with E-state index in [1.165, 1.54) is 0 Å². The van der Waals surface area contributed by atoms with Crippen molar-refractivity contribution >= 4 is 43.9 Å². The summed E-state index contributed by atoms with van der Waals surface area (Å²) < 4.78 is 94.6. The molecule has 8 N–H and O–H groups in total. The standard InChI is InChI=1S/2H3N.H2O8S2.2O2S/c;;1-9(2,3)7-8-10(4,5)6;2*1-3-2/h2*1H3;(H,1,2,3)(H,4,5,6);;. The summed E-state index contributed by atoms with van der Waals surface area (Å²) in [6.45, 7) is 0. The lowest BCUT2D eigenvalue weighted by Gasteiger charge is -2.07. The van der Waals surface area contributed by atoms with Crippen molar-refractivity contribution in [1.29, 1.82) is 0 Å². The zero-order valence-corrected chi connectivity index (χ0v) is 11.8. The van der Waals surface area contributed by atoms with Crippen molar-refractivity contribution in [3.8, 4) is 0 Å². The van der Waals surface area contributed by atoms with E-state index in [9.17, 15) is 25.9 Å². The predicted molar refractivity (Wildman–Crippen MR) is 51.4 cm³/mol. The number of hydrogen-bond acceptors (Lipinski definition) is 12. The lowest BCUT2D eigenvalue weighted by atomic mass is 14.0. The molecule has 0 aliphatic carbocycles. The van der Waals surface area contributed by atoms with Gasteiger partial charge in [0.25, 0.3) is 0 Å². The van der Waals surface area contributed by atoms with Crippen molar-refractivity contribution < 1.29 is 51.4 Å². The van der Waals surface area contributed by atoms with Gasteiger partial charge in [0.15, 0.2) is 0 Å². The minimum absolute atomic E-state index is 0. The molecule has 0 saturated heterocycles. The Kier molecular flexibility index (Phi) is 27.5. The third-order valence-corrected chi connectivity index (χ3v) is 0.750. The monoisotopic (exact) mass is 356 g/mol. The molecule has 0 amide bonds. The highest BCUT2D eigenvalue weighted by atomic mass is 32.3. The fraction of sp³-hybridized carbons (Fsp3) is 0. The van der Waals surface area contributed by atoms with Gasteiger partial charge in [-0.25, -0.2) is 16.8 Å². The molecule has 0 unspecified atom stereocenters. The van der Waals surface area contributed by atoms with Crippen molar-refractivity contribution in [3.05, 3.63) is 0 Å². The van der Waals surface area contributed by atoms with Crippen LogP contribution in [-0.4, -0.2) is 42.8 Å². The largest absolute Gasteiger partial charge is 0.724 e. The first-order chi connectivity index (χ1) is 7.04. The first-order valence-corrected chi connectivity index (χ1v) is 6.17. The smallest absolute Gasteiger partial charge is 0.335 e. The SMILES string of the molecule is O=S(=O)([O-])OOS(=O)(=O)[O-].O=S=O.O=S=O.[NH4+].[NH4+]. The van der Waals surface area contributed by atoms with Gasteiger partial charge in [0, 0.05) is 0 Å². The predicted octanol–water partition coefficient (Wildman–Crippen LogP) is -2.73. The fourth-order valence-corrected chi connectivity index (χ4v) is 0.612. The van der Waals surface area contributed by atoms with Crippen molar-refractivity contribution in [2.24, 2.45) is 0 Å². The molecular weight excluding hydrogens is 348 g/mol. The van der Waals surface area contributed by atoms with Crippen LogP contribution >= 0.6 is 0 Å². The van der Waals surface area contributed by atoms with Gasteiger partial charge in [0.05, 0.1) is 0 Å². The summed E-state index contributed by atoms with van der Waals surface area (Å²) in [7, 11) is -10.6. The highest BCUT2D eigenvalue weighted by Gasteiger charge is 1.99. The van der Waals surface area contributed by atoms with Gasteiger partial charge in [-0.15, -0.1) is 8.67 Å². The number of quaternary nitrogens is 2. The van der Waals surface area contributed by atoms with E-state index in [-0.39, 0.29) is 12.3 Å². The Balaban J connectivity index is -0.0000000603. The summed E-state index contributed by atoms with van der Waals surface area (Å²) in [6, 6.07) is 0. The van der Waals surface area contributed by atoms with Gasteiger partial charge >= 0.3 is 23.1 Å². The summed E-state index contributed by atoms with van der Waals surface area (Å²) in [5.74, 6) is 0. The second-order valence-electron chi connectivity index (χ2n) is 1.09. The fourth-order valence-electron chi connectivity index (χ4n) is 0.0680. The highest BCUT2D eigenvalue weighted by molar-refractivity contribution is 7.83. The van der Waals surface area contributed by atoms with Crippen LogP contribution in [0.25, 0.3) is 0 Å². The lowest BCUT2D eigenvalue weighted by molar-refractivity contribution is -0.107. The number of hydrogen-bond donors (Lipinski definition) is 2. The van der Waals surface area contributed by atoms with E-state index in [4.69, 9.17) is 16.8 Å². The van der Waals surface area contributed by atoms with Crippen LogP contribution in [-0.2, 0) is 52.6 Å². The molecule has 0 aromatic rings. The molecule has 14 nitrogen and oxygen atoms in total. The molecule has 0 aromatic carbocycles. The Morgan fingerprint density at radius 1 is 0.667 bits per heavy atom. The first kappa shape index (κ1) is 30.4. The van der Waals surface area contributed by atoms with Crippen molar-refractivity contribution in [3.63, 3.8) is 0 Å². The molecule has 18 heavy (non-hydrogen) atoms. The van der Waals surface area contributed by atoms with E-state index >= 15 is 0 Å². The molecule has 0 fully saturated rings. The Labute approximate surface area is 108 Å². The summed E-state index contributed by atoms with van der Waals surface area (Å²) >= 11 is -1.50. The molecular formula is H8N2O12S4. The van der Waals surface area contributed by atoms with Crippen LogP contribution < -0.4 is 12.3 Å². The van der Waals surface area contributed by atoms with Gasteiger partial charge in [-0.3, -0.25) is 0 Å². The summed E-state index contributed by atoms with van der Waals surface area (Å²) in [5.41, 5.74) is 0. The molecule has 114 valence electrons. The van der Waals surface area contributed by atoms with Crippen LogP contribution in [0.15, 0.2) is 0 Å². The van der Waals surface area contributed by atoms with Gasteiger partial charge in [-0.05, 0) is 0 Å². The van der Waals surface area contributed by atoms with E-state index < -0.39 is 43.9 Å². The normalized spacial score (nSPS) is 8.78. The molecule has 0 saturated carbocycles. The zero-order chi connectivity index (χ0) is 13.8. The molecule has 0 aliphatic rings. The van der Waals surface area contributed by atoms with Gasteiger partial charge in [-0.1, -0.05) is 0 Å². The molecule has 0 aromatic heterocycles. The average Bonchev–Trinajstić information content (AvgIpc) is 2.01. The quantitative estimate of drug-likeness (QED) is 0.225. The van der Waals surface area contributed by atoms with Crippen LogP contribution in [0.1, 0.15) is 0 Å². The topological polar surface area (TPSA) is 274 Å². The van der Waals surface area contributed by atoms with E-state index in [1.54, 1.807) is 0 Å². The van der Waals surface area contributed by atoms with Crippen LogP contribution in [0.4, 0.5) is 0 Å². The third kappa shape index (κ3) is 78.8. The Hall–Kier alpha value is -0.700. The van der Waals surface area contributed by atoms with Crippen molar-refractivity contribution in [1.82, 2.24) is 12.3 Å². The maximum absolute atomic E-state index is 9.37. The molecule has 0 aliphatic heterocycles. The van der Waals surface area contributed by atoms with Gasteiger partial charge in [0.2, 0.25) is 20.8 Å². The highest BCUT2D eigenvalue weighted by Crippen LogP contribution is 1.92. The Bertz CT molecular complexity index is 386. The summed E-state index contributed by atoms with van der Waals surface area (Å²) in [6.07, 6.45) is 0. The summed E-state index contributed by atoms with van der Waals surface area (Å²) in [4.78, 5) is 0. The first-order valence-electron chi connectivity index (χ1n) is 2.17. The van der Waals surface area contributed by atoms with Crippen LogP contribution in [0.5, 0.6) is 0 Å². The van der Waals surface area contributed by atoms with E-state index in [0.717, 1.165) is 0 Å². The van der Waals surface area contributed by atoms with Crippen LogP contribution in [0.2, 0.25) is 0 Å². The molecule has 0 radical (unpaired) electrons. The molecule has 0 rings (SSSR count). The molecule has 0 bridgehead atoms. The Morgan fingerprint density at radius 2 is 0.778 bits per heavy atom. The second kappa shape index (κ2) is 16.3. The van der Waals surface area contributed by atoms with Crippen LogP contribution in [0, 0.1) is 0 Å². The zero-order valence-electron chi connectivity index (χ0n) is 8.53. The molecule has 0 heterocycles. The van der Waals surface area contributed by atoms with Crippen molar-refractivity contribution in [2.75, 3.05) is 0 Å². The maximum atomic E-state index is 9.37. The minimum atomic E-state index is -5.31. The van der Waals surface area contributed by atoms with Gasteiger partial charge in [0.1, 0.15) is 0 Å².